The van der Waals surface area contributed by atoms with Crippen molar-refractivity contribution in [3.63, 3.8) is 0 Å². The van der Waals surface area contributed by atoms with Gasteiger partial charge in [0.1, 0.15) is 23.3 Å². The predicted molar refractivity (Wildman–Crippen MR) is 136 cm³/mol. The average molecular weight is 487 g/mol. The molecule has 1 saturated heterocycles. The maximum Gasteiger partial charge on any atom is 0.273 e. The molecule has 1 aliphatic rings. The first kappa shape index (κ1) is 22.5. The quantitative estimate of drug-likeness (QED) is 0.209. The summed E-state index contributed by atoms with van der Waals surface area (Å²) in [5, 5.41) is 15.2. The molecule has 4 aromatic rings. The topological polar surface area (TPSA) is 93.7 Å². The van der Waals surface area contributed by atoms with Crippen LogP contribution in [0.15, 0.2) is 83.4 Å². The van der Waals surface area contributed by atoms with Crippen LogP contribution < -0.4 is 15.0 Å². The number of nitro groups is 1. The van der Waals surface area contributed by atoms with Crippen LogP contribution in [-0.4, -0.2) is 22.1 Å². The Hall–Kier alpha value is -4.24. The van der Waals surface area contributed by atoms with Crippen molar-refractivity contribution >= 4 is 28.7 Å². The van der Waals surface area contributed by atoms with Crippen molar-refractivity contribution in [3.05, 3.63) is 106 Å². The van der Waals surface area contributed by atoms with Crippen LogP contribution in [0.4, 0.5) is 11.4 Å². The van der Waals surface area contributed by atoms with E-state index >= 15 is 0 Å². The van der Waals surface area contributed by atoms with Crippen LogP contribution in [0.1, 0.15) is 29.1 Å². The lowest BCUT2D eigenvalue weighted by atomic mass is 10.0. The predicted octanol–water partition coefficient (Wildman–Crippen LogP) is 5.74. The second kappa shape index (κ2) is 9.19. The third kappa shape index (κ3) is 4.22. The Labute approximate surface area is 207 Å². The summed E-state index contributed by atoms with van der Waals surface area (Å²) in [6.45, 7) is 2.04. The van der Waals surface area contributed by atoms with Gasteiger partial charge in [0.2, 0.25) is 0 Å². The number of hydrogen-bond donors (Lipinski definition) is 1. The molecule has 2 aromatic carbocycles. The van der Waals surface area contributed by atoms with Gasteiger partial charge in [0.15, 0.2) is 5.11 Å². The number of methoxy groups -OCH3 is 1. The van der Waals surface area contributed by atoms with Crippen molar-refractivity contribution in [2.24, 2.45) is 0 Å². The molecule has 9 heteroatoms. The van der Waals surface area contributed by atoms with Gasteiger partial charge in [0, 0.05) is 18.0 Å². The summed E-state index contributed by atoms with van der Waals surface area (Å²) in [4.78, 5) is 17.3. The number of aryl methyl sites for hydroxylation is 1. The number of nitro benzene ring substituents is 1. The third-order valence-corrected chi connectivity index (χ3v) is 6.30. The standard InChI is InChI=1S/C26H22N4O4S/c1-16-6-8-17(9-7-16)29-25(24(28-26(29)35)20-5-3-4-14-27-20)22-13-12-21(34-22)19-11-10-18(30(31)32)15-23(19)33-2/h3-15,24-25H,1-2H3,(H,28,35). The smallest absolute Gasteiger partial charge is 0.273 e. The number of aromatic nitrogens is 1. The fraction of sp³-hybridized carbons (Fsp3) is 0.154. The first-order valence-corrected chi connectivity index (χ1v) is 11.4. The molecule has 5 rings (SSSR count). The molecule has 0 radical (unpaired) electrons. The highest BCUT2D eigenvalue weighted by Gasteiger charge is 2.42. The van der Waals surface area contributed by atoms with E-state index < -0.39 is 4.92 Å². The van der Waals surface area contributed by atoms with Gasteiger partial charge in [-0.2, -0.15) is 0 Å². The van der Waals surface area contributed by atoms with Crippen molar-refractivity contribution in [1.29, 1.82) is 0 Å². The van der Waals surface area contributed by atoms with Gasteiger partial charge in [-0.05, 0) is 61.6 Å². The minimum absolute atomic E-state index is 0.0523. The zero-order valence-electron chi connectivity index (χ0n) is 19.0. The summed E-state index contributed by atoms with van der Waals surface area (Å²) in [6.07, 6.45) is 1.75. The monoisotopic (exact) mass is 486 g/mol. The second-order valence-electron chi connectivity index (χ2n) is 8.18. The molecule has 2 unspecified atom stereocenters. The van der Waals surface area contributed by atoms with E-state index in [2.05, 4.69) is 10.3 Å². The Balaban J connectivity index is 1.59. The molecule has 3 heterocycles. The Kier molecular flexibility index (Phi) is 5.92. The van der Waals surface area contributed by atoms with Crippen molar-refractivity contribution in [3.8, 4) is 17.1 Å². The minimum Gasteiger partial charge on any atom is -0.496 e. The fourth-order valence-corrected chi connectivity index (χ4v) is 4.63. The van der Waals surface area contributed by atoms with Crippen LogP contribution in [0.2, 0.25) is 0 Å². The van der Waals surface area contributed by atoms with Gasteiger partial charge in [-0.1, -0.05) is 23.8 Å². The van der Waals surface area contributed by atoms with Crippen LogP contribution >= 0.6 is 12.2 Å². The first-order chi connectivity index (χ1) is 17.0. The average Bonchev–Trinajstić information content (AvgIpc) is 3.49. The van der Waals surface area contributed by atoms with Crippen LogP contribution in [0.25, 0.3) is 11.3 Å². The Bertz CT molecular complexity index is 1390. The van der Waals surface area contributed by atoms with E-state index in [1.807, 2.05) is 66.4 Å². The Morgan fingerprint density at radius 2 is 1.91 bits per heavy atom. The summed E-state index contributed by atoms with van der Waals surface area (Å²) >= 11 is 5.75. The van der Waals surface area contributed by atoms with Crippen LogP contribution in [0, 0.1) is 17.0 Å². The minimum atomic E-state index is -0.456. The lowest BCUT2D eigenvalue weighted by Crippen LogP contribution is -2.29. The van der Waals surface area contributed by atoms with Crippen LogP contribution in [-0.2, 0) is 0 Å². The summed E-state index contributed by atoms with van der Waals surface area (Å²) in [6, 6.07) is 21.5. The number of nitrogens with zero attached hydrogens (tertiary/aromatic N) is 3. The molecule has 1 aliphatic heterocycles. The summed E-state index contributed by atoms with van der Waals surface area (Å²) in [5.41, 5.74) is 3.48. The lowest BCUT2D eigenvalue weighted by Gasteiger charge is -2.26. The van der Waals surface area contributed by atoms with E-state index in [-0.39, 0.29) is 17.8 Å². The summed E-state index contributed by atoms with van der Waals surface area (Å²) in [7, 11) is 1.47. The van der Waals surface area contributed by atoms with Crippen molar-refractivity contribution in [2.75, 3.05) is 12.0 Å². The fourth-order valence-electron chi connectivity index (χ4n) is 4.28. The van der Waals surface area contributed by atoms with E-state index in [0.29, 0.717) is 27.9 Å². The zero-order chi connectivity index (χ0) is 24.5. The molecule has 1 N–H and O–H groups in total. The molecule has 0 amide bonds. The highest BCUT2D eigenvalue weighted by molar-refractivity contribution is 7.80. The van der Waals surface area contributed by atoms with E-state index in [1.165, 1.54) is 19.2 Å². The highest BCUT2D eigenvalue weighted by Crippen LogP contribution is 2.44. The molecule has 0 aliphatic carbocycles. The van der Waals surface area contributed by atoms with Crippen molar-refractivity contribution in [2.45, 2.75) is 19.0 Å². The van der Waals surface area contributed by atoms with E-state index in [9.17, 15) is 10.1 Å². The maximum atomic E-state index is 11.2. The van der Waals surface area contributed by atoms with Gasteiger partial charge in [0.25, 0.3) is 5.69 Å². The van der Waals surface area contributed by atoms with Gasteiger partial charge < -0.3 is 19.4 Å². The number of anilines is 1. The lowest BCUT2D eigenvalue weighted by molar-refractivity contribution is -0.384. The number of thiocarbonyl (C=S) groups is 1. The van der Waals surface area contributed by atoms with Crippen molar-refractivity contribution in [1.82, 2.24) is 10.3 Å². The van der Waals surface area contributed by atoms with E-state index in [1.54, 1.807) is 12.3 Å². The van der Waals surface area contributed by atoms with Gasteiger partial charge >= 0.3 is 0 Å². The van der Waals surface area contributed by atoms with E-state index in [0.717, 1.165) is 16.9 Å². The van der Waals surface area contributed by atoms with Gasteiger partial charge in [-0.25, -0.2) is 0 Å². The largest absolute Gasteiger partial charge is 0.496 e. The molecule has 0 spiro atoms. The van der Waals surface area contributed by atoms with Gasteiger partial charge in [0.05, 0.1) is 35.4 Å². The molecule has 1 fully saturated rings. The number of ether oxygens (including phenoxy) is 1. The second-order valence-corrected chi connectivity index (χ2v) is 8.56. The number of benzene rings is 2. The Morgan fingerprint density at radius 1 is 1.11 bits per heavy atom. The molecule has 0 saturated carbocycles. The SMILES string of the molecule is COc1cc([N+](=O)[O-])ccc1-c1ccc(C2C(c3ccccn3)NC(=S)N2c2ccc(C)cc2)o1. The number of nitrogens with one attached hydrogen (secondary N) is 1. The normalized spacial score (nSPS) is 17.3. The number of hydrogen-bond acceptors (Lipinski definition) is 6. The molecule has 2 atom stereocenters. The summed E-state index contributed by atoms with van der Waals surface area (Å²) < 4.78 is 11.8. The molecular weight excluding hydrogens is 464 g/mol. The number of pyridine rings is 1. The molecular formula is C26H22N4O4S. The van der Waals surface area contributed by atoms with Gasteiger partial charge in [-0.15, -0.1) is 0 Å². The van der Waals surface area contributed by atoms with E-state index in [4.69, 9.17) is 21.4 Å². The zero-order valence-corrected chi connectivity index (χ0v) is 19.9. The van der Waals surface area contributed by atoms with Gasteiger partial charge in [-0.3, -0.25) is 15.1 Å². The molecule has 8 nitrogen and oxygen atoms in total. The summed E-state index contributed by atoms with van der Waals surface area (Å²) in [5.74, 6) is 1.56. The Morgan fingerprint density at radius 3 is 2.60 bits per heavy atom. The number of rotatable bonds is 6. The molecule has 0 bridgehead atoms. The van der Waals surface area contributed by atoms with Crippen LogP contribution in [0.3, 0.4) is 0 Å². The highest BCUT2D eigenvalue weighted by atomic mass is 32.1. The number of non-ortho nitro benzene ring substituents is 1. The van der Waals surface area contributed by atoms with Crippen LogP contribution in [0.5, 0.6) is 5.75 Å². The molecule has 2 aromatic heterocycles. The maximum absolute atomic E-state index is 11.2. The van der Waals surface area contributed by atoms with Crippen molar-refractivity contribution < 1.29 is 14.1 Å². The first-order valence-electron chi connectivity index (χ1n) is 11.0. The molecule has 35 heavy (non-hydrogen) atoms. The molecule has 176 valence electrons. The number of furan rings is 1. The third-order valence-electron chi connectivity index (χ3n) is 5.99.